The van der Waals surface area contributed by atoms with Crippen LogP contribution in [0.15, 0.2) is 78.9 Å². The van der Waals surface area contributed by atoms with Crippen molar-refractivity contribution >= 4 is 24.5 Å². The molecule has 0 amide bonds. The summed E-state index contributed by atoms with van der Waals surface area (Å²) in [6.45, 7) is 16.4. The molecule has 66 heavy (non-hydrogen) atoms. The number of methoxy groups -OCH3 is 2. The summed E-state index contributed by atoms with van der Waals surface area (Å²) in [4.78, 5) is 27.9. The molecule has 4 aromatic rings. The largest absolute Gasteiger partial charge is 0.494 e. The Morgan fingerprint density at radius 2 is 0.955 bits per heavy atom. The smallest absolute Gasteiger partial charge is 0.490 e. The summed E-state index contributed by atoms with van der Waals surface area (Å²) in [5.74, 6) is -0.419. The Balaban J connectivity index is 1.46. The zero-order chi connectivity index (χ0) is 47.2. The predicted octanol–water partition coefficient (Wildman–Crippen LogP) is 6.82. The molecule has 0 N–H and O–H groups in total. The van der Waals surface area contributed by atoms with Crippen LogP contribution < -0.4 is 14.9 Å². The number of carbonyl (C=O) groups is 2. The molecule has 356 valence electrons. The van der Waals surface area contributed by atoms with Gasteiger partial charge in [0.2, 0.25) is 0 Å². The van der Waals surface area contributed by atoms with Crippen molar-refractivity contribution in [2.75, 3.05) is 107 Å². The van der Waals surface area contributed by atoms with Crippen molar-refractivity contribution in [1.82, 2.24) is 0 Å². The van der Waals surface area contributed by atoms with E-state index in [0.29, 0.717) is 64.4 Å². The number of benzene rings is 4. The molecule has 1 aliphatic carbocycles. The van der Waals surface area contributed by atoms with E-state index in [9.17, 15) is 9.59 Å². The number of carbonyl (C=O) groups excluding carboxylic acids is 2. The number of hydrogen-bond acceptors (Lipinski definition) is 14. The van der Waals surface area contributed by atoms with Gasteiger partial charge in [0.25, 0.3) is 0 Å². The first-order valence-electron chi connectivity index (χ1n) is 22.7. The molecule has 0 aromatic heterocycles. The Hall–Kier alpha value is -4.84. The zero-order valence-corrected chi connectivity index (χ0v) is 39.7. The van der Waals surface area contributed by atoms with E-state index in [1.165, 1.54) is 0 Å². The third-order valence-corrected chi connectivity index (χ3v) is 12.0. The second-order valence-corrected chi connectivity index (χ2v) is 16.7. The Kier molecular flexibility index (Phi) is 18.2. The maximum atomic E-state index is 14.0. The highest BCUT2D eigenvalue weighted by molar-refractivity contribution is 6.62. The minimum absolute atomic E-state index is 0.153. The van der Waals surface area contributed by atoms with Crippen LogP contribution in [0.5, 0.6) is 11.5 Å². The van der Waals surface area contributed by atoms with Gasteiger partial charge in [0.15, 0.2) is 0 Å². The first kappa shape index (κ1) is 50.6. The molecular formula is C51H65BO14. The van der Waals surface area contributed by atoms with Crippen LogP contribution in [-0.4, -0.2) is 137 Å². The monoisotopic (exact) mass is 912 g/mol. The minimum Gasteiger partial charge on any atom is -0.490 e. The second-order valence-electron chi connectivity index (χ2n) is 16.7. The van der Waals surface area contributed by atoms with Crippen LogP contribution in [0.4, 0.5) is 0 Å². The maximum absolute atomic E-state index is 14.0. The average molecular weight is 913 g/mol. The third kappa shape index (κ3) is 11.5. The summed E-state index contributed by atoms with van der Waals surface area (Å²) in [7, 11) is 2.58. The summed E-state index contributed by atoms with van der Waals surface area (Å²) in [6, 6.07) is 25.6. The molecule has 1 aliphatic heterocycles. The van der Waals surface area contributed by atoms with Crippen LogP contribution in [0.25, 0.3) is 11.1 Å². The van der Waals surface area contributed by atoms with Gasteiger partial charge >= 0.3 is 19.1 Å². The van der Waals surface area contributed by atoms with Gasteiger partial charge in [-0.25, -0.2) is 9.59 Å². The Morgan fingerprint density at radius 1 is 0.515 bits per heavy atom. The lowest BCUT2D eigenvalue weighted by atomic mass is 9.65. The first-order valence-corrected chi connectivity index (χ1v) is 22.7. The topological polar surface area (TPSA) is 145 Å². The van der Waals surface area contributed by atoms with Gasteiger partial charge in [-0.3, -0.25) is 0 Å². The molecule has 15 heteroatoms. The second kappa shape index (κ2) is 23.8. The summed E-state index contributed by atoms with van der Waals surface area (Å²) < 4.78 is 69.5. The van der Waals surface area contributed by atoms with Crippen LogP contribution in [0, 0.1) is 0 Å². The Bertz CT molecular complexity index is 2120. The highest BCUT2D eigenvalue weighted by atomic mass is 16.7. The molecule has 0 saturated carbocycles. The van der Waals surface area contributed by atoms with E-state index in [0.717, 1.165) is 38.8 Å². The van der Waals surface area contributed by atoms with Gasteiger partial charge in [-0.1, -0.05) is 54.6 Å². The standard InChI is InChI=1S/C51H65BO14/c1-9-61-47(53)41-33-36(15-19-45(41)63-31-29-59-27-25-57-23-21-55-7)51(37-16-20-46(42(34-37)48(54)62-10-2)64-32-30-60-28-26-58-24-22-56-8)43-14-12-11-13-39(43)40-18-17-38(35-44(40)51)52-65-49(3,4)50(5,6)66-52/h11-20,33-35H,9-10,21-32H2,1-8H3. The van der Waals surface area contributed by atoms with Crippen molar-refractivity contribution in [3.8, 4) is 22.6 Å². The van der Waals surface area contributed by atoms with Crippen molar-refractivity contribution in [2.24, 2.45) is 0 Å². The van der Waals surface area contributed by atoms with E-state index in [2.05, 4.69) is 24.3 Å². The molecule has 0 atom stereocenters. The van der Waals surface area contributed by atoms with Crippen molar-refractivity contribution in [1.29, 1.82) is 0 Å². The quantitative estimate of drug-likeness (QED) is 0.0309. The summed E-state index contributed by atoms with van der Waals surface area (Å²) in [5.41, 5.74) is 4.22. The lowest BCUT2D eigenvalue weighted by Crippen LogP contribution is -2.41. The fourth-order valence-corrected chi connectivity index (χ4v) is 8.08. The van der Waals surface area contributed by atoms with Gasteiger partial charge in [0.1, 0.15) is 35.8 Å². The van der Waals surface area contributed by atoms with E-state index >= 15 is 0 Å². The zero-order valence-electron chi connectivity index (χ0n) is 39.7. The predicted molar refractivity (Wildman–Crippen MR) is 249 cm³/mol. The van der Waals surface area contributed by atoms with Gasteiger partial charge in [-0.2, -0.15) is 0 Å². The number of fused-ring (bicyclic) bond motifs is 3. The van der Waals surface area contributed by atoms with E-state index in [-0.39, 0.29) is 50.8 Å². The van der Waals surface area contributed by atoms with E-state index in [1.54, 1.807) is 40.2 Å². The maximum Gasteiger partial charge on any atom is 0.494 e. The number of hydrogen-bond donors (Lipinski definition) is 0. The molecule has 1 heterocycles. The van der Waals surface area contributed by atoms with Crippen molar-refractivity contribution in [2.45, 2.75) is 58.2 Å². The van der Waals surface area contributed by atoms with Crippen molar-refractivity contribution < 1.29 is 66.3 Å². The molecule has 1 fully saturated rings. The van der Waals surface area contributed by atoms with Gasteiger partial charge in [0.05, 0.1) is 95.9 Å². The van der Waals surface area contributed by atoms with Gasteiger partial charge < -0.3 is 56.7 Å². The SMILES string of the molecule is CCOC(=O)c1cc(C2(c3ccc(OCCOCCOCCOC)c(C(=O)OCC)c3)c3ccccc3-c3ccc(B4OC(C)(C)C(C)(C)O4)cc32)ccc1OCCOCCOCCOC. The minimum atomic E-state index is -1.12. The normalized spacial score (nSPS) is 15.3. The van der Waals surface area contributed by atoms with E-state index in [1.807, 2.05) is 70.2 Å². The molecule has 14 nitrogen and oxygen atoms in total. The van der Waals surface area contributed by atoms with Crippen LogP contribution in [0.1, 0.15) is 84.5 Å². The fraction of sp³-hybridized carbons (Fsp3) is 0.490. The first-order chi connectivity index (χ1) is 31.9. The van der Waals surface area contributed by atoms with Gasteiger partial charge in [-0.15, -0.1) is 0 Å². The highest BCUT2D eigenvalue weighted by Crippen LogP contribution is 2.57. The molecule has 0 spiro atoms. The number of esters is 2. The molecule has 4 aromatic carbocycles. The summed E-state index contributed by atoms with van der Waals surface area (Å²) in [5, 5.41) is 0. The van der Waals surface area contributed by atoms with Crippen molar-refractivity contribution in [3.63, 3.8) is 0 Å². The molecule has 0 bridgehead atoms. The summed E-state index contributed by atoms with van der Waals surface area (Å²) >= 11 is 0. The van der Waals surface area contributed by atoms with Crippen LogP contribution in [0.2, 0.25) is 0 Å². The van der Waals surface area contributed by atoms with Crippen molar-refractivity contribution in [3.05, 3.63) is 112 Å². The number of rotatable bonds is 27. The molecule has 0 unspecified atom stereocenters. The molecule has 2 aliphatic rings. The van der Waals surface area contributed by atoms with Crippen LogP contribution >= 0.6 is 0 Å². The van der Waals surface area contributed by atoms with Gasteiger partial charge in [0, 0.05) is 14.2 Å². The van der Waals surface area contributed by atoms with E-state index in [4.69, 9.17) is 56.7 Å². The lowest BCUT2D eigenvalue weighted by Gasteiger charge is -2.35. The Labute approximate surface area is 389 Å². The Morgan fingerprint density at radius 3 is 1.42 bits per heavy atom. The highest BCUT2D eigenvalue weighted by Gasteiger charge is 2.53. The lowest BCUT2D eigenvalue weighted by molar-refractivity contribution is 0.00578. The fourth-order valence-electron chi connectivity index (χ4n) is 8.08. The number of ether oxygens (including phenoxy) is 10. The average Bonchev–Trinajstić information content (AvgIpc) is 3.73. The molecule has 6 rings (SSSR count). The van der Waals surface area contributed by atoms with Crippen LogP contribution in [0.3, 0.4) is 0 Å². The van der Waals surface area contributed by atoms with E-state index < -0.39 is 35.7 Å². The molecule has 1 saturated heterocycles. The third-order valence-electron chi connectivity index (χ3n) is 12.0. The molecular weight excluding hydrogens is 847 g/mol. The van der Waals surface area contributed by atoms with Gasteiger partial charge in [-0.05, 0) is 105 Å². The molecule has 0 radical (unpaired) electrons. The summed E-state index contributed by atoms with van der Waals surface area (Å²) in [6.07, 6.45) is 0. The van der Waals surface area contributed by atoms with Crippen LogP contribution in [-0.2, 0) is 52.6 Å².